The van der Waals surface area contributed by atoms with Crippen LogP contribution in [0, 0.1) is 5.82 Å². The van der Waals surface area contributed by atoms with Crippen molar-refractivity contribution in [3.05, 3.63) is 65.4 Å². The standard InChI is InChI=1S/C23H23FN6/c24-19-10-16(12-25-14-19)4-6-18-13-26-29-22(18)23-27-20-7-5-17(11-21(20)28-23)15-30-8-2-1-3-9-30/h4-7,10-14H,1-3,8-9,15H2,(H,26,29)(H,27,28)/b6-4+. The highest BCUT2D eigenvalue weighted by Crippen LogP contribution is 2.24. The Morgan fingerprint density at radius 3 is 2.80 bits per heavy atom. The Kier molecular flexibility index (Phi) is 5.11. The number of halogens is 1. The van der Waals surface area contributed by atoms with Crippen LogP contribution < -0.4 is 0 Å². The van der Waals surface area contributed by atoms with E-state index in [2.05, 4.69) is 43.3 Å². The number of aromatic nitrogens is 5. The summed E-state index contributed by atoms with van der Waals surface area (Å²) in [5.74, 6) is 0.372. The van der Waals surface area contributed by atoms with Gasteiger partial charge < -0.3 is 4.98 Å². The van der Waals surface area contributed by atoms with E-state index in [1.165, 1.54) is 50.2 Å². The average molecular weight is 402 g/mol. The lowest BCUT2D eigenvalue weighted by atomic mass is 10.1. The Balaban J connectivity index is 1.39. The van der Waals surface area contributed by atoms with Gasteiger partial charge >= 0.3 is 0 Å². The van der Waals surface area contributed by atoms with E-state index >= 15 is 0 Å². The zero-order chi connectivity index (χ0) is 20.3. The third-order valence-electron chi connectivity index (χ3n) is 5.49. The van der Waals surface area contributed by atoms with E-state index in [0.717, 1.165) is 34.7 Å². The molecule has 0 bridgehead atoms. The maximum Gasteiger partial charge on any atom is 0.157 e. The monoisotopic (exact) mass is 402 g/mol. The molecule has 0 spiro atoms. The average Bonchev–Trinajstić information content (AvgIpc) is 3.39. The van der Waals surface area contributed by atoms with Crippen LogP contribution in [0.2, 0.25) is 0 Å². The number of piperidine rings is 1. The van der Waals surface area contributed by atoms with Crippen molar-refractivity contribution in [2.24, 2.45) is 0 Å². The molecule has 0 amide bonds. The molecule has 0 radical (unpaired) electrons. The summed E-state index contributed by atoms with van der Waals surface area (Å²) < 4.78 is 13.3. The molecule has 1 aliphatic rings. The lowest BCUT2D eigenvalue weighted by Gasteiger charge is -2.26. The van der Waals surface area contributed by atoms with Crippen LogP contribution in [-0.2, 0) is 6.54 Å². The van der Waals surface area contributed by atoms with Gasteiger partial charge in [0.2, 0.25) is 0 Å². The smallest absolute Gasteiger partial charge is 0.157 e. The summed E-state index contributed by atoms with van der Waals surface area (Å²) in [6, 6.07) is 7.85. The number of rotatable bonds is 5. The first-order valence-corrected chi connectivity index (χ1v) is 10.3. The quantitative estimate of drug-likeness (QED) is 0.510. The number of aromatic amines is 2. The fraction of sp³-hybridized carbons (Fsp3) is 0.261. The predicted molar refractivity (Wildman–Crippen MR) is 116 cm³/mol. The lowest BCUT2D eigenvalue weighted by molar-refractivity contribution is 0.221. The van der Waals surface area contributed by atoms with E-state index in [1.807, 2.05) is 12.2 Å². The van der Waals surface area contributed by atoms with Crippen molar-refractivity contribution in [3.8, 4) is 11.5 Å². The first-order valence-electron chi connectivity index (χ1n) is 10.3. The van der Waals surface area contributed by atoms with Crippen LogP contribution in [0.5, 0.6) is 0 Å². The molecular weight excluding hydrogens is 379 g/mol. The third kappa shape index (κ3) is 4.02. The van der Waals surface area contributed by atoms with E-state index in [9.17, 15) is 4.39 Å². The van der Waals surface area contributed by atoms with Crippen molar-refractivity contribution in [2.45, 2.75) is 25.8 Å². The minimum atomic E-state index is -0.359. The second-order valence-corrected chi connectivity index (χ2v) is 7.74. The summed E-state index contributed by atoms with van der Waals surface area (Å²) in [5, 5.41) is 7.18. The zero-order valence-corrected chi connectivity index (χ0v) is 16.6. The van der Waals surface area contributed by atoms with Gasteiger partial charge in [-0.1, -0.05) is 24.6 Å². The molecule has 3 aromatic heterocycles. The molecule has 4 aromatic rings. The number of nitrogens with one attached hydrogen (secondary N) is 2. The number of H-pyrrole nitrogens is 2. The molecule has 6 nitrogen and oxygen atoms in total. The van der Waals surface area contributed by atoms with Crippen LogP contribution in [0.4, 0.5) is 4.39 Å². The van der Waals surface area contributed by atoms with Gasteiger partial charge in [-0.05, 0) is 55.3 Å². The molecule has 1 fully saturated rings. The Bertz CT molecular complexity index is 1190. The third-order valence-corrected chi connectivity index (χ3v) is 5.49. The summed E-state index contributed by atoms with van der Waals surface area (Å²) in [4.78, 5) is 14.5. The van der Waals surface area contributed by atoms with Gasteiger partial charge in [0.05, 0.1) is 23.4 Å². The van der Waals surface area contributed by atoms with Gasteiger partial charge in [0, 0.05) is 18.3 Å². The topological polar surface area (TPSA) is 73.5 Å². The maximum absolute atomic E-state index is 13.3. The predicted octanol–water partition coefficient (Wildman–Crippen LogP) is 4.64. The van der Waals surface area contributed by atoms with Gasteiger partial charge in [0.1, 0.15) is 11.5 Å². The van der Waals surface area contributed by atoms with Crippen molar-refractivity contribution in [2.75, 3.05) is 13.1 Å². The highest BCUT2D eigenvalue weighted by molar-refractivity contribution is 5.82. The second-order valence-electron chi connectivity index (χ2n) is 7.74. The minimum absolute atomic E-state index is 0.359. The fourth-order valence-corrected chi connectivity index (χ4v) is 3.97. The number of pyridine rings is 1. The molecule has 1 aliphatic heterocycles. The molecule has 2 N–H and O–H groups in total. The molecule has 0 unspecified atom stereocenters. The van der Waals surface area contributed by atoms with E-state index in [4.69, 9.17) is 4.98 Å². The second kappa shape index (κ2) is 8.20. The Hall–Kier alpha value is -3.32. The Morgan fingerprint density at radius 1 is 1.03 bits per heavy atom. The van der Waals surface area contributed by atoms with E-state index in [1.54, 1.807) is 12.4 Å². The van der Waals surface area contributed by atoms with Crippen molar-refractivity contribution in [1.82, 2.24) is 30.0 Å². The van der Waals surface area contributed by atoms with Gasteiger partial charge in [0.25, 0.3) is 0 Å². The molecule has 5 rings (SSSR count). The molecule has 1 aromatic carbocycles. The molecule has 0 atom stereocenters. The van der Waals surface area contributed by atoms with Gasteiger partial charge in [-0.2, -0.15) is 5.10 Å². The highest BCUT2D eigenvalue weighted by Gasteiger charge is 2.13. The van der Waals surface area contributed by atoms with Gasteiger partial charge in [-0.25, -0.2) is 9.37 Å². The van der Waals surface area contributed by atoms with Gasteiger partial charge in [0.15, 0.2) is 5.82 Å². The largest absolute Gasteiger partial charge is 0.337 e. The minimum Gasteiger partial charge on any atom is -0.337 e. The summed E-state index contributed by atoms with van der Waals surface area (Å²) in [7, 11) is 0. The van der Waals surface area contributed by atoms with Crippen LogP contribution in [0.25, 0.3) is 34.7 Å². The normalized spacial score (nSPS) is 15.4. The van der Waals surface area contributed by atoms with E-state index < -0.39 is 0 Å². The molecular formula is C23H23FN6. The number of imidazole rings is 1. The van der Waals surface area contributed by atoms with Crippen molar-refractivity contribution < 1.29 is 4.39 Å². The zero-order valence-electron chi connectivity index (χ0n) is 16.6. The Labute approximate surface area is 173 Å². The molecule has 4 heterocycles. The van der Waals surface area contributed by atoms with Crippen LogP contribution in [-0.4, -0.2) is 43.1 Å². The number of hydrogen-bond donors (Lipinski definition) is 2. The number of nitrogens with zero attached hydrogens (tertiary/aromatic N) is 4. The summed E-state index contributed by atoms with van der Waals surface area (Å²) in [6.07, 6.45) is 12.1. The molecule has 30 heavy (non-hydrogen) atoms. The first kappa shape index (κ1) is 18.7. The first-order chi connectivity index (χ1) is 14.7. The van der Waals surface area contributed by atoms with E-state index in [-0.39, 0.29) is 5.82 Å². The van der Waals surface area contributed by atoms with Crippen molar-refractivity contribution >= 4 is 23.2 Å². The fourth-order valence-electron chi connectivity index (χ4n) is 3.97. The van der Waals surface area contributed by atoms with Crippen LogP contribution in [0.3, 0.4) is 0 Å². The van der Waals surface area contributed by atoms with Crippen LogP contribution in [0.15, 0.2) is 42.9 Å². The highest BCUT2D eigenvalue weighted by atomic mass is 19.1. The van der Waals surface area contributed by atoms with Gasteiger partial charge in [-0.3, -0.25) is 15.0 Å². The molecule has 0 saturated carbocycles. The summed E-state index contributed by atoms with van der Waals surface area (Å²) >= 11 is 0. The lowest BCUT2D eigenvalue weighted by Crippen LogP contribution is -2.29. The number of hydrogen-bond acceptors (Lipinski definition) is 4. The van der Waals surface area contributed by atoms with E-state index in [0.29, 0.717) is 5.56 Å². The van der Waals surface area contributed by atoms with Crippen molar-refractivity contribution in [1.29, 1.82) is 0 Å². The summed E-state index contributed by atoms with van der Waals surface area (Å²) in [5.41, 5.74) is 5.58. The number of fused-ring (bicyclic) bond motifs is 1. The molecule has 0 aliphatic carbocycles. The Morgan fingerprint density at radius 2 is 1.93 bits per heavy atom. The number of likely N-dealkylation sites (tertiary alicyclic amines) is 1. The van der Waals surface area contributed by atoms with Gasteiger partial charge in [-0.15, -0.1) is 0 Å². The SMILES string of the molecule is Fc1cncc(/C=C/c2cn[nH]c2-c2nc3ccc(CN4CCCCC4)cc3[nH]2)c1. The van der Waals surface area contributed by atoms with Crippen molar-refractivity contribution in [3.63, 3.8) is 0 Å². The van der Waals surface area contributed by atoms with Crippen LogP contribution in [0.1, 0.15) is 36.0 Å². The maximum atomic E-state index is 13.3. The number of benzene rings is 1. The molecule has 152 valence electrons. The van der Waals surface area contributed by atoms with Crippen LogP contribution >= 0.6 is 0 Å². The molecule has 1 saturated heterocycles. The summed E-state index contributed by atoms with van der Waals surface area (Å²) in [6.45, 7) is 3.33. The molecule has 7 heteroatoms.